The van der Waals surface area contributed by atoms with Crippen molar-refractivity contribution in [3.8, 4) is 0 Å². The van der Waals surface area contributed by atoms with Crippen molar-refractivity contribution in [2.75, 3.05) is 61.8 Å². The van der Waals surface area contributed by atoms with Gasteiger partial charge in [-0.15, -0.1) is 0 Å². The van der Waals surface area contributed by atoms with Crippen LogP contribution in [0.4, 0.5) is 11.4 Å². The Morgan fingerprint density at radius 2 is 1.67 bits per heavy atom. The Balaban J connectivity index is 0.000000514. The number of amides is 3. The first-order valence-electron chi connectivity index (χ1n) is 16.4. The molecule has 1 N–H and O–H groups in total. The van der Waals surface area contributed by atoms with E-state index in [1.54, 1.807) is 17.0 Å². The van der Waals surface area contributed by atoms with E-state index in [0.717, 1.165) is 41.3 Å². The first kappa shape index (κ1) is 35.8. The smallest absolute Gasteiger partial charge is 0.287 e. The molecule has 0 spiro atoms. The van der Waals surface area contributed by atoms with Gasteiger partial charge in [-0.2, -0.15) is 0 Å². The van der Waals surface area contributed by atoms with Crippen molar-refractivity contribution in [3.63, 3.8) is 0 Å². The molecule has 0 unspecified atom stereocenters. The minimum absolute atomic E-state index is 0.130. The molecule has 10 nitrogen and oxygen atoms in total. The van der Waals surface area contributed by atoms with Gasteiger partial charge in [0.25, 0.3) is 5.91 Å². The molecular formula is C37H42ClN5O5S. The normalized spacial score (nSPS) is 14.7. The number of halogens is 1. The molecule has 258 valence electrons. The van der Waals surface area contributed by atoms with Gasteiger partial charge in [0, 0.05) is 81.5 Å². The van der Waals surface area contributed by atoms with Crippen LogP contribution in [0.1, 0.15) is 40.9 Å². The lowest BCUT2D eigenvalue weighted by atomic mass is 10.1. The van der Waals surface area contributed by atoms with Gasteiger partial charge in [0.2, 0.25) is 11.8 Å². The van der Waals surface area contributed by atoms with Crippen molar-refractivity contribution in [1.29, 1.82) is 0 Å². The Kier molecular flexibility index (Phi) is 12.2. The molecule has 2 fully saturated rings. The molecule has 3 amide bonds. The number of piperazine rings is 1. The van der Waals surface area contributed by atoms with Crippen molar-refractivity contribution < 1.29 is 18.8 Å². The number of benzene rings is 3. The molecule has 3 heterocycles. The van der Waals surface area contributed by atoms with E-state index in [1.807, 2.05) is 71.9 Å². The van der Waals surface area contributed by atoms with E-state index >= 15 is 0 Å². The van der Waals surface area contributed by atoms with Crippen LogP contribution in [-0.2, 0) is 16.1 Å². The lowest BCUT2D eigenvalue weighted by Crippen LogP contribution is -2.51. The van der Waals surface area contributed by atoms with Crippen LogP contribution in [0, 0.1) is 6.92 Å². The zero-order chi connectivity index (χ0) is 34.9. The molecular weight excluding hydrogens is 662 g/mol. The fourth-order valence-corrected chi connectivity index (χ4v) is 6.28. The van der Waals surface area contributed by atoms with Gasteiger partial charge >= 0.3 is 0 Å². The maximum absolute atomic E-state index is 12.9. The molecule has 3 aromatic carbocycles. The number of carbonyl (C=O) groups is 3. The zero-order valence-electron chi connectivity index (χ0n) is 28.1. The number of anilines is 2. The van der Waals surface area contributed by atoms with Gasteiger partial charge in [-0.3, -0.25) is 19.2 Å². The quantitative estimate of drug-likeness (QED) is 0.232. The number of likely N-dealkylation sites (tertiary alicyclic amines) is 1. The van der Waals surface area contributed by atoms with Crippen LogP contribution in [0.2, 0.25) is 5.02 Å². The van der Waals surface area contributed by atoms with Gasteiger partial charge in [-0.25, -0.2) is 0 Å². The maximum Gasteiger partial charge on any atom is 0.287 e. The molecule has 2 aliphatic heterocycles. The van der Waals surface area contributed by atoms with E-state index in [9.17, 15) is 19.2 Å². The predicted octanol–water partition coefficient (Wildman–Crippen LogP) is 5.75. The van der Waals surface area contributed by atoms with E-state index in [-0.39, 0.29) is 29.5 Å². The molecule has 6 rings (SSSR count). The molecule has 49 heavy (non-hydrogen) atoms. The second-order valence-corrected chi connectivity index (χ2v) is 13.4. The van der Waals surface area contributed by atoms with Crippen LogP contribution in [0.3, 0.4) is 0 Å². The van der Waals surface area contributed by atoms with Crippen LogP contribution in [-0.4, -0.2) is 80.1 Å². The lowest BCUT2D eigenvalue weighted by molar-refractivity contribution is -0.134. The molecule has 12 heteroatoms. The van der Waals surface area contributed by atoms with Crippen molar-refractivity contribution in [3.05, 3.63) is 105 Å². The molecule has 0 bridgehead atoms. The number of para-hydroxylation sites is 1. The zero-order valence-corrected chi connectivity index (χ0v) is 29.7. The van der Waals surface area contributed by atoms with Gasteiger partial charge in [-0.05, 0) is 61.7 Å². The van der Waals surface area contributed by atoms with Gasteiger partial charge < -0.3 is 28.7 Å². The van der Waals surface area contributed by atoms with E-state index in [1.165, 1.54) is 23.6 Å². The minimum Gasteiger partial charge on any atom is -0.451 e. The Hall–Kier alpha value is -4.48. The van der Waals surface area contributed by atoms with E-state index < -0.39 is 5.91 Å². The SMILES string of the molecule is CSN(C)c1ccc2oc(C(=O)NCC(=O)N3CCN(c4ccccc4CN4CCCCC4=O)CC3)cc(=O)c2c1.Cc1ccc(Cl)cc1. The fourth-order valence-electron chi connectivity index (χ4n) is 5.83. The highest BCUT2D eigenvalue weighted by molar-refractivity contribution is 7.99. The van der Waals surface area contributed by atoms with E-state index in [2.05, 4.69) is 22.3 Å². The number of rotatable bonds is 8. The number of nitrogens with zero attached hydrogens (tertiary/aromatic N) is 4. The average Bonchev–Trinajstić information content (AvgIpc) is 3.12. The Morgan fingerprint density at radius 3 is 2.37 bits per heavy atom. The second kappa shape index (κ2) is 16.8. The number of hydrogen-bond donors (Lipinski definition) is 1. The minimum atomic E-state index is -0.609. The first-order chi connectivity index (χ1) is 23.6. The summed E-state index contributed by atoms with van der Waals surface area (Å²) in [5.74, 6) is -0.727. The maximum atomic E-state index is 12.9. The fraction of sp³-hybridized carbons (Fsp3) is 0.351. The molecule has 4 aromatic rings. The highest BCUT2D eigenvalue weighted by Crippen LogP contribution is 2.26. The summed E-state index contributed by atoms with van der Waals surface area (Å²) in [6.07, 6.45) is 4.54. The monoisotopic (exact) mass is 703 g/mol. The summed E-state index contributed by atoms with van der Waals surface area (Å²) >= 11 is 7.12. The largest absolute Gasteiger partial charge is 0.451 e. The van der Waals surface area contributed by atoms with Crippen LogP contribution in [0.15, 0.2) is 82.0 Å². The van der Waals surface area contributed by atoms with Crippen molar-refractivity contribution >= 4 is 63.6 Å². The summed E-state index contributed by atoms with van der Waals surface area (Å²) in [5, 5.41) is 3.79. The van der Waals surface area contributed by atoms with E-state index in [4.69, 9.17) is 16.0 Å². The van der Waals surface area contributed by atoms with Crippen LogP contribution in [0.5, 0.6) is 0 Å². The van der Waals surface area contributed by atoms with Crippen molar-refractivity contribution in [2.24, 2.45) is 0 Å². The highest BCUT2D eigenvalue weighted by atomic mass is 35.5. The lowest BCUT2D eigenvalue weighted by Gasteiger charge is -2.37. The summed E-state index contributed by atoms with van der Waals surface area (Å²) in [5.41, 5.74) is 4.28. The van der Waals surface area contributed by atoms with Gasteiger partial charge in [0.15, 0.2) is 11.2 Å². The van der Waals surface area contributed by atoms with Crippen LogP contribution in [0.25, 0.3) is 11.0 Å². The molecule has 0 radical (unpaired) electrons. The van der Waals surface area contributed by atoms with Crippen molar-refractivity contribution in [1.82, 2.24) is 15.1 Å². The van der Waals surface area contributed by atoms with Gasteiger partial charge in [0.05, 0.1) is 11.9 Å². The van der Waals surface area contributed by atoms with Crippen molar-refractivity contribution in [2.45, 2.75) is 32.7 Å². The standard InChI is InChI=1S/C30H35N5O5S.C7H7Cl/c1-32(41-2)22-10-11-26-23(17-22)25(36)18-27(40-26)30(39)31-19-29(38)34-15-13-33(14-16-34)24-8-4-3-7-21(24)20-35-12-6-5-9-28(35)37;1-6-2-4-7(8)5-3-6/h3-4,7-8,10-11,17-18H,5-6,9,12-16,19-20H2,1-2H3,(H,31,39);2-5H,1H3. The Labute approximate surface area is 296 Å². The topological polar surface area (TPSA) is 106 Å². The number of aryl methyl sites for hydroxylation is 1. The summed E-state index contributed by atoms with van der Waals surface area (Å²) < 4.78 is 7.61. The van der Waals surface area contributed by atoms with Gasteiger partial charge in [0.1, 0.15) is 5.58 Å². The third-order valence-electron chi connectivity index (χ3n) is 8.73. The second-order valence-electron chi connectivity index (χ2n) is 12.1. The van der Waals surface area contributed by atoms with Crippen LogP contribution < -0.4 is 20.0 Å². The summed E-state index contributed by atoms with van der Waals surface area (Å²) in [7, 11) is 1.89. The summed E-state index contributed by atoms with van der Waals surface area (Å²) in [4.78, 5) is 56.6. The highest BCUT2D eigenvalue weighted by Gasteiger charge is 2.25. The third-order valence-corrected chi connectivity index (χ3v) is 9.74. The van der Waals surface area contributed by atoms with E-state index in [0.29, 0.717) is 50.1 Å². The Morgan fingerprint density at radius 1 is 0.939 bits per heavy atom. The number of carbonyl (C=O) groups excluding carboxylic acids is 3. The van der Waals surface area contributed by atoms with Crippen LogP contribution >= 0.6 is 23.5 Å². The average molecular weight is 704 g/mol. The molecule has 0 atom stereocenters. The molecule has 0 saturated carbocycles. The number of hydrogen-bond acceptors (Lipinski definition) is 8. The molecule has 2 aliphatic rings. The first-order valence-corrected chi connectivity index (χ1v) is 17.9. The Bertz CT molecular complexity index is 1820. The molecule has 2 saturated heterocycles. The number of nitrogens with one attached hydrogen (secondary N) is 1. The molecule has 1 aromatic heterocycles. The predicted molar refractivity (Wildman–Crippen MR) is 197 cm³/mol. The summed E-state index contributed by atoms with van der Waals surface area (Å²) in [6, 6.07) is 22.3. The molecule has 0 aliphatic carbocycles. The number of piperidine rings is 1. The summed E-state index contributed by atoms with van der Waals surface area (Å²) in [6.45, 7) is 5.58. The number of fused-ring (bicyclic) bond motifs is 1. The third kappa shape index (κ3) is 9.36. The van der Waals surface area contributed by atoms with Gasteiger partial charge in [-0.1, -0.05) is 59.4 Å².